The molecule has 0 spiro atoms. The first kappa shape index (κ1) is 20.0. The lowest BCUT2D eigenvalue weighted by Crippen LogP contribution is -2.07. The zero-order valence-electron chi connectivity index (χ0n) is 17.2. The third-order valence-corrected chi connectivity index (χ3v) is 5.90. The zero-order valence-corrected chi connectivity index (χ0v) is 17.2. The van der Waals surface area contributed by atoms with E-state index in [1.54, 1.807) is 12.1 Å². The van der Waals surface area contributed by atoms with Gasteiger partial charge in [-0.25, -0.2) is 9.59 Å². The number of nitrogens with zero attached hydrogens (tertiary/aromatic N) is 1. The average molecular weight is 403 g/mol. The highest BCUT2D eigenvalue weighted by Gasteiger charge is 2.26. The molecule has 1 unspecified atom stereocenters. The van der Waals surface area contributed by atoms with Crippen LogP contribution in [0.3, 0.4) is 0 Å². The Balaban J connectivity index is 1.86. The number of esters is 1. The van der Waals surface area contributed by atoms with Crippen molar-refractivity contribution in [3.8, 4) is 0 Å². The van der Waals surface area contributed by atoms with Crippen molar-refractivity contribution in [2.75, 3.05) is 7.11 Å². The summed E-state index contributed by atoms with van der Waals surface area (Å²) in [5.74, 6) is -1.22. The van der Waals surface area contributed by atoms with Gasteiger partial charge in [0.15, 0.2) is 0 Å². The van der Waals surface area contributed by atoms with E-state index in [9.17, 15) is 14.7 Å². The number of carboxylic acids is 1. The van der Waals surface area contributed by atoms with E-state index in [1.807, 2.05) is 24.3 Å². The summed E-state index contributed by atoms with van der Waals surface area (Å²) in [6, 6.07) is 15.6. The highest BCUT2D eigenvalue weighted by molar-refractivity contribution is 6.04. The number of allylic oxidation sites excluding steroid dienone is 1. The molecule has 0 radical (unpaired) electrons. The minimum Gasteiger partial charge on any atom is -0.478 e. The molecule has 1 N–H and O–H groups in total. The summed E-state index contributed by atoms with van der Waals surface area (Å²) in [5.41, 5.74) is 5.10. The minimum atomic E-state index is -0.947. The second kappa shape index (κ2) is 8.19. The van der Waals surface area contributed by atoms with E-state index in [0.717, 1.165) is 46.9 Å². The molecule has 5 nitrogen and oxygen atoms in total. The maximum absolute atomic E-state index is 12.3. The van der Waals surface area contributed by atoms with E-state index >= 15 is 0 Å². The van der Waals surface area contributed by atoms with Crippen molar-refractivity contribution in [1.82, 2.24) is 4.57 Å². The smallest absolute Gasteiger partial charge is 0.335 e. The van der Waals surface area contributed by atoms with Crippen LogP contribution in [0.5, 0.6) is 0 Å². The molecule has 0 aliphatic heterocycles. The van der Waals surface area contributed by atoms with Gasteiger partial charge in [0.25, 0.3) is 0 Å². The molecular weight excluding hydrogens is 378 g/mol. The predicted molar refractivity (Wildman–Crippen MR) is 117 cm³/mol. The molecule has 0 amide bonds. The number of methoxy groups -OCH3 is 1. The Hall–Kier alpha value is -3.34. The van der Waals surface area contributed by atoms with Crippen LogP contribution in [0.2, 0.25) is 0 Å². The third kappa shape index (κ3) is 3.63. The number of ether oxygens (including phenoxy) is 1. The van der Waals surface area contributed by atoms with Crippen LogP contribution < -0.4 is 0 Å². The van der Waals surface area contributed by atoms with Crippen LogP contribution in [0.1, 0.15) is 53.7 Å². The van der Waals surface area contributed by atoms with Crippen LogP contribution >= 0.6 is 0 Å². The van der Waals surface area contributed by atoms with Gasteiger partial charge in [-0.2, -0.15) is 0 Å². The van der Waals surface area contributed by atoms with E-state index in [2.05, 4.69) is 29.8 Å². The maximum atomic E-state index is 12.3. The number of hydrogen-bond acceptors (Lipinski definition) is 3. The molecular formula is C25H25NO4. The van der Waals surface area contributed by atoms with Crippen LogP contribution in [-0.4, -0.2) is 28.7 Å². The first-order chi connectivity index (χ1) is 14.5. The Morgan fingerprint density at radius 3 is 2.60 bits per heavy atom. The number of hydrogen-bond donors (Lipinski definition) is 1. The van der Waals surface area contributed by atoms with Crippen molar-refractivity contribution < 1.29 is 19.4 Å². The summed E-state index contributed by atoms with van der Waals surface area (Å²) < 4.78 is 7.14. The SMILES string of the molecule is COC(=O)C1=C(c2cn(C(C)Cc3ccccc3)c3cc(C(=O)O)ccc23)CCC1. The summed E-state index contributed by atoms with van der Waals surface area (Å²) in [6.45, 7) is 2.13. The van der Waals surface area contributed by atoms with E-state index in [-0.39, 0.29) is 17.6 Å². The predicted octanol–water partition coefficient (Wildman–Crippen LogP) is 5.25. The Bertz CT molecular complexity index is 1140. The first-order valence-corrected chi connectivity index (χ1v) is 10.2. The maximum Gasteiger partial charge on any atom is 0.335 e. The van der Waals surface area contributed by atoms with Gasteiger partial charge in [0.2, 0.25) is 0 Å². The number of benzene rings is 2. The Labute approximate surface area is 175 Å². The quantitative estimate of drug-likeness (QED) is 0.571. The molecule has 0 fully saturated rings. The van der Waals surface area contributed by atoms with Gasteiger partial charge >= 0.3 is 11.9 Å². The van der Waals surface area contributed by atoms with Crippen molar-refractivity contribution >= 4 is 28.4 Å². The zero-order chi connectivity index (χ0) is 21.3. The number of carboxylic acid groups (broad SMARTS) is 1. The van der Waals surface area contributed by atoms with Crippen molar-refractivity contribution in [3.05, 3.63) is 77.0 Å². The second-order valence-corrected chi connectivity index (χ2v) is 7.83. The van der Waals surface area contributed by atoms with Gasteiger partial charge in [-0.3, -0.25) is 0 Å². The molecule has 3 aromatic rings. The number of aromatic nitrogens is 1. The summed E-state index contributed by atoms with van der Waals surface area (Å²) in [4.78, 5) is 23.9. The molecule has 1 aliphatic carbocycles. The number of carbonyl (C=O) groups excluding carboxylic acids is 1. The number of carbonyl (C=O) groups is 2. The third-order valence-electron chi connectivity index (χ3n) is 5.90. The molecule has 1 atom stereocenters. The van der Waals surface area contributed by atoms with E-state index in [0.29, 0.717) is 6.42 Å². The van der Waals surface area contributed by atoms with E-state index < -0.39 is 5.97 Å². The molecule has 1 aliphatic rings. The lowest BCUT2D eigenvalue weighted by molar-refractivity contribution is -0.136. The van der Waals surface area contributed by atoms with Crippen molar-refractivity contribution in [2.45, 2.75) is 38.6 Å². The van der Waals surface area contributed by atoms with Gasteiger partial charge in [-0.05, 0) is 55.9 Å². The average Bonchev–Trinajstić information content (AvgIpc) is 3.38. The monoisotopic (exact) mass is 403 g/mol. The molecule has 0 saturated carbocycles. The number of aromatic carboxylic acids is 1. The Kier molecular flexibility index (Phi) is 5.44. The van der Waals surface area contributed by atoms with Crippen LogP contribution in [0.4, 0.5) is 0 Å². The fourth-order valence-corrected chi connectivity index (χ4v) is 4.43. The van der Waals surface area contributed by atoms with Crippen molar-refractivity contribution in [2.24, 2.45) is 0 Å². The van der Waals surface area contributed by atoms with Gasteiger partial charge < -0.3 is 14.4 Å². The number of fused-ring (bicyclic) bond motifs is 1. The lowest BCUT2D eigenvalue weighted by Gasteiger charge is -2.16. The van der Waals surface area contributed by atoms with Gasteiger partial charge in [0.05, 0.1) is 12.7 Å². The minimum absolute atomic E-state index is 0.122. The fourth-order valence-electron chi connectivity index (χ4n) is 4.43. The van der Waals surface area contributed by atoms with Crippen LogP contribution in [-0.2, 0) is 16.0 Å². The highest BCUT2D eigenvalue weighted by atomic mass is 16.5. The molecule has 0 bridgehead atoms. The second-order valence-electron chi connectivity index (χ2n) is 7.83. The molecule has 154 valence electrons. The van der Waals surface area contributed by atoms with Crippen molar-refractivity contribution in [1.29, 1.82) is 0 Å². The standard InChI is InChI=1S/C25H25NO4/c1-16(13-17-7-4-3-5-8-17)26-15-22(19-9-6-10-21(19)25(29)30-2)20-12-11-18(24(27)28)14-23(20)26/h3-5,7-8,11-12,14-16H,6,9-10,13H2,1-2H3,(H,27,28). The Morgan fingerprint density at radius 2 is 1.90 bits per heavy atom. The highest BCUT2D eigenvalue weighted by Crippen LogP contribution is 2.40. The van der Waals surface area contributed by atoms with E-state index in [4.69, 9.17) is 4.74 Å². The molecule has 1 aromatic heterocycles. The molecule has 5 heteroatoms. The van der Waals surface area contributed by atoms with Crippen LogP contribution in [0.15, 0.2) is 60.3 Å². The summed E-state index contributed by atoms with van der Waals surface area (Å²) in [7, 11) is 1.41. The lowest BCUT2D eigenvalue weighted by atomic mass is 10.0. The summed E-state index contributed by atoms with van der Waals surface area (Å²) in [6.07, 6.45) is 5.34. The summed E-state index contributed by atoms with van der Waals surface area (Å²) in [5, 5.41) is 10.5. The topological polar surface area (TPSA) is 68.5 Å². The molecule has 1 heterocycles. The van der Waals surface area contributed by atoms with Crippen LogP contribution in [0, 0.1) is 0 Å². The molecule has 30 heavy (non-hydrogen) atoms. The fraction of sp³-hybridized carbons (Fsp3) is 0.280. The van der Waals surface area contributed by atoms with Gasteiger partial charge in [0, 0.05) is 34.3 Å². The van der Waals surface area contributed by atoms with E-state index in [1.165, 1.54) is 12.7 Å². The van der Waals surface area contributed by atoms with Gasteiger partial charge in [-0.15, -0.1) is 0 Å². The molecule has 4 rings (SSSR count). The molecule has 2 aromatic carbocycles. The first-order valence-electron chi connectivity index (χ1n) is 10.2. The normalized spacial score (nSPS) is 14.9. The van der Waals surface area contributed by atoms with Crippen molar-refractivity contribution in [3.63, 3.8) is 0 Å². The summed E-state index contributed by atoms with van der Waals surface area (Å²) >= 11 is 0. The number of rotatable bonds is 6. The molecule has 0 saturated heterocycles. The largest absolute Gasteiger partial charge is 0.478 e. The van der Waals surface area contributed by atoms with Gasteiger partial charge in [0.1, 0.15) is 0 Å². The van der Waals surface area contributed by atoms with Gasteiger partial charge in [-0.1, -0.05) is 36.4 Å². The van der Waals surface area contributed by atoms with Crippen LogP contribution in [0.25, 0.3) is 16.5 Å². The Morgan fingerprint density at radius 1 is 1.13 bits per heavy atom.